The maximum Gasteiger partial charge on any atom is 0.169 e. The molecule has 0 aromatic heterocycles. The van der Waals surface area contributed by atoms with E-state index in [1.54, 1.807) is 0 Å². The van der Waals surface area contributed by atoms with Gasteiger partial charge < -0.3 is 20.4 Å². The molecule has 0 spiro atoms. The van der Waals surface area contributed by atoms with Gasteiger partial charge in [0.25, 0.3) is 0 Å². The van der Waals surface area contributed by atoms with Crippen molar-refractivity contribution < 1.29 is 20.4 Å². The largest absolute Gasteiger partial charge is 0.392 e. The van der Waals surface area contributed by atoms with E-state index in [9.17, 15) is 10.2 Å². The summed E-state index contributed by atoms with van der Waals surface area (Å²) in [6.45, 7) is -0.516. The third kappa shape index (κ3) is 1.25. The molecule has 0 radical (unpaired) electrons. The number of likely N-dealkylation sites (tertiary alicyclic amines) is 1. The second kappa shape index (κ2) is 3.04. The molecule has 5 nitrogen and oxygen atoms in total. The Morgan fingerprint density at radius 2 is 2.09 bits per heavy atom. The van der Waals surface area contributed by atoms with Crippen LogP contribution in [0.2, 0.25) is 0 Å². The van der Waals surface area contributed by atoms with Crippen LogP contribution in [0, 0.1) is 0 Å². The fourth-order valence-corrected chi connectivity index (χ4v) is 1.31. The van der Waals surface area contributed by atoms with Gasteiger partial charge in [-0.25, -0.2) is 4.90 Å². The molecule has 0 aliphatic carbocycles. The molecule has 1 saturated heterocycles. The molecule has 0 aromatic carbocycles. The van der Waals surface area contributed by atoms with Crippen molar-refractivity contribution in [3.63, 3.8) is 0 Å². The van der Waals surface area contributed by atoms with Crippen LogP contribution in [0.3, 0.4) is 0 Å². The maximum atomic E-state index is 9.49. The van der Waals surface area contributed by atoms with Crippen LogP contribution in [0.15, 0.2) is 0 Å². The van der Waals surface area contributed by atoms with E-state index in [1.807, 2.05) is 0 Å². The first-order valence-corrected chi connectivity index (χ1v) is 3.52. The van der Waals surface area contributed by atoms with Crippen molar-refractivity contribution in [2.45, 2.75) is 18.2 Å². The van der Waals surface area contributed by atoms with Crippen molar-refractivity contribution >= 4 is 0 Å². The topological polar surface area (TPSA) is 84.2 Å². The summed E-state index contributed by atoms with van der Waals surface area (Å²) in [6, 6.07) is 0. The average molecular weight is 163 g/mol. The Labute approximate surface area is 64.5 Å². The molecule has 4 N–H and O–H groups in total. The Morgan fingerprint density at radius 3 is 2.45 bits per heavy atom. The highest BCUT2D eigenvalue weighted by Crippen LogP contribution is 2.25. The van der Waals surface area contributed by atoms with Crippen molar-refractivity contribution in [3.05, 3.63) is 0 Å². The first-order valence-electron chi connectivity index (χ1n) is 3.52. The van der Waals surface area contributed by atoms with Gasteiger partial charge in [0.2, 0.25) is 0 Å². The molecule has 2 unspecified atom stereocenters. The Balaban J connectivity index is 2.70. The summed E-state index contributed by atoms with van der Waals surface area (Å²) in [6.07, 6.45) is -0.600. The molecule has 1 aliphatic rings. The second-order valence-electron chi connectivity index (χ2n) is 2.75. The number of nitrogens with zero attached hydrogens (tertiary/aromatic N) is 1. The normalized spacial score (nSPS) is 39.8. The van der Waals surface area contributed by atoms with E-state index < -0.39 is 18.4 Å². The van der Waals surface area contributed by atoms with Gasteiger partial charge in [-0.15, -0.1) is 0 Å². The van der Waals surface area contributed by atoms with Gasteiger partial charge in [-0.3, -0.25) is 0 Å². The van der Waals surface area contributed by atoms with Gasteiger partial charge in [-0.05, 0) is 6.42 Å². The zero-order valence-electron chi connectivity index (χ0n) is 6.14. The van der Waals surface area contributed by atoms with Gasteiger partial charge in [-0.2, -0.15) is 0 Å². The lowest BCUT2D eigenvalue weighted by Gasteiger charge is -2.32. The molecule has 0 aromatic rings. The zero-order chi connectivity index (χ0) is 8.48. The first kappa shape index (κ1) is 8.89. The summed E-state index contributed by atoms with van der Waals surface area (Å²) in [7, 11) is 0. The smallest absolute Gasteiger partial charge is 0.169 e. The molecular weight excluding hydrogens is 150 g/mol. The summed E-state index contributed by atoms with van der Waals surface area (Å²) < 4.78 is 0. The highest BCUT2D eigenvalue weighted by molar-refractivity contribution is 4.91. The van der Waals surface area contributed by atoms with Crippen LogP contribution >= 0.6 is 0 Å². The number of aliphatic hydroxyl groups excluding tert-OH is 3. The average Bonchev–Trinajstić information content (AvgIpc) is 2.30. The number of hydrogen-bond acceptors (Lipinski definition) is 5. The minimum absolute atomic E-state index is 0.353. The summed E-state index contributed by atoms with van der Waals surface area (Å²) >= 11 is 0. The van der Waals surface area contributed by atoms with Crippen LogP contribution in [0.1, 0.15) is 6.42 Å². The summed E-state index contributed by atoms with van der Waals surface area (Å²) in [5.41, 5.74) is -1.64. The molecule has 1 fully saturated rings. The van der Waals surface area contributed by atoms with Gasteiger partial charge in [0, 0.05) is 6.54 Å². The third-order valence-electron chi connectivity index (χ3n) is 2.16. The number of rotatable bonds is 2. The van der Waals surface area contributed by atoms with Crippen molar-refractivity contribution in [3.8, 4) is 0 Å². The molecule has 5 heteroatoms. The molecule has 66 valence electrons. The number of hydrogen-bond donors (Lipinski definition) is 4. The third-order valence-corrected chi connectivity index (χ3v) is 2.16. The Kier molecular flexibility index (Phi) is 2.46. The van der Waals surface area contributed by atoms with E-state index in [0.29, 0.717) is 13.0 Å². The fraction of sp³-hybridized carbons (Fsp3) is 1.00. The van der Waals surface area contributed by atoms with E-state index in [0.717, 1.165) is 0 Å². The van der Waals surface area contributed by atoms with Crippen molar-refractivity contribution in [1.29, 1.82) is 0 Å². The predicted octanol–water partition coefficient (Wildman–Crippen LogP) is -2.32. The lowest BCUT2D eigenvalue weighted by atomic mass is 10.1. The Morgan fingerprint density at radius 1 is 1.45 bits per heavy atom. The van der Waals surface area contributed by atoms with Crippen LogP contribution in [-0.4, -0.2) is 57.0 Å². The lowest BCUT2D eigenvalue weighted by molar-refractivity contribution is -0.182. The quantitative estimate of drug-likeness (QED) is 0.367. The van der Waals surface area contributed by atoms with Crippen LogP contribution in [0.25, 0.3) is 0 Å². The van der Waals surface area contributed by atoms with Gasteiger partial charge in [0.1, 0.15) is 6.10 Å². The SMILES string of the molecule is OCN1CCC(O)C1(O)CO. The molecular formula is C6H13NO4. The standard InChI is InChI=1S/C6H13NO4/c8-3-6(11)5(10)1-2-7(6)4-9/h5,8-11H,1-4H2. The molecule has 2 atom stereocenters. The van der Waals surface area contributed by atoms with E-state index in [2.05, 4.69) is 0 Å². The highest BCUT2D eigenvalue weighted by Gasteiger charge is 2.45. The van der Waals surface area contributed by atoms with Crippen LogP contribution in [0.5, 0.6) is 0 Å². The van der Waals surface area contributed by atoms with E-state index in [4.69, 9.17) is 10.2 Å². The second-order valence-corrected chi connectivity index (χ2v) is 2.75. The zero-order valence-corrected chi connectivity index (χ0v) is 6.14. The predicted molar refractivity (Wildman–Crippen MR) is 36.5 cm³/mol. The van der Waals surface area contributed by atoms with E-state index in [-0.39, 0.29) is 6.73 Å². The van der Waals surface area contributed by atoms with Gasteiger partial charge in [-0.1, -0.05) is 0 Å². The van der Waals surface area contributed by atoms with Gasteiger partial charge in [0.15, 0.2) is 5.72 Å². The number of aliphatic hydroxyl groups is 4. The van der Waals surface area contributed by atoms with Crippen LogP contribution in [0.4, 0.5) is 0 Å². The summed E-state index contributed by atoms with van der Waals surface area (Å²) in [5.74, 6) is 0. The molecule has 1 rings (SSSR count). The van der Waals surface area contributed by atoms with E-state index >= 15 is 0 Å². The molecule has 1 heterocycles. The summed E-state index contributed by atoms with van der Waals surface area (Å²) in [5, 5.41) is 36.1. The molecule has 0 bridgehead atoms. The summed E-state index contributed by atoms with van der Waals surface area (Å²) in [4.78, 5) is 1.23. The minimum Gasteiger partial charge on any atom is -0.392 e. The molecule has 0 amide bonds. The first-order chi connectivity index (χ1) is 5.15. The van der Waals surface area contributed by atoms with Gasteiger partial charge >= 0.3 is 0 Å². The van der Waals surface area contributed by atoms with Crippen LogP contribution < -0.4 is 0 Å². The minimum atomic E-state index is -1.64. The van der Waals surface area contributed by atoms with Crippen molar-refractivity contribution in [2.75, 3.05) is 19.9 Å². The van der Waals surface area contributed by atoms with Gasteiger partial charge in [0.05, 0.1) is 13.3 Å². The Bertz CT molecular complexity index is 143. The molecule has 0 saturated carbocycles. The fourth-order valence-electron chi connectivity index (χ4n) is 1.31. The molecule has 11 heavy (non-hydrogen) atoms. The molecule has 1 aliphatic heterocycles. The lowest BCUT2D eigenvalue weighted by Crippen LogP contribution is -2.53. The van der Waals surface area contributed by atoms with Crippen LogP contribution in [-0.2, 0) is 0 Å². The monoisotopic (exact) mass is 163 g/mol. The van der Waals surface area contributed by atoms with E-state index in [1.165, 1.54) is 4.90 Å². The Hall–Kier alpha value is -0.200. The van der Waals surface area contributed by atoms with Crippen molar-refractivity contribution in [2.24, 2.45) is 0 Å². The highest BCUT2D eigenvalue weighted by atomic mass is 16.4. The maximum absolute atomic E-state index is 9.49. The van der Waals surface area contributed by atoms with Crippen molar-refractivity contribution in [1.82, 2.24) is 4.90 Å².